The molecule has 0 aliphatic rings. The number of aryl methyl sites for hydroxylation is 1. The Morgan fingerprint density at radius 3 is 2.50 bits per heavy atom. The Bertz CT molecular complexity index is 1530. The molecule has 0 saturated heterocycles. The molecule has 0 bridgehead atoms. The number of hydrogen-bond donors (Lipinski definition) is 5. The van der Waals surface area contributed by atoms with Crippen LogP contribution >= 0.6 is 0 Å². The summed E-state index contributed by atoms with van der Waals surface area (Å²) in [6.45, 7) is 2.22. The third kappa shape index (κ3) is 5.49. The van der Waals surface area contributed by atoms with E-state index in [1.54, 1.807) is 31.2 Å². The maximum Gasteiger partial charge on any atom is 0.326 e. The minimum atomic E-state index is -1.24. The van der Waals surface area contributed by atoms with E-state index in [9.17, 15) is 24.3 Å². The fraction of sp³-hybridized carbons (Fsp3) is 0.192. The van der Waals surface area contributed by atoms with Gasteiger partial charge in [-0.25, -0.2) is 9.78 Å². The van der Waals surface area contributed by atoms with Crippen LogP contribution in [0, 0.1) is 6.92 Å². The summed E-state index contributed by atoms with van der Waals surface area (Å²) < 4.78 is 0. The number of nitrogens with one attached hydrogen (secondary N) is 3. The summed E-state index contributed by atoms with van der Waals surface area (Å²) in [5, 5.41) is 17.2. The topological polar surface area (TPSA) is 167 Å². The summed E-state index contributed by atoms with van der Waals surface area (Å²) in [6, 6.07) is 15.0. The maximum atomic E-state index is 12.6. The molecule has 0 fully saturated rings. The molecule has 4 aromatic rings. The molecule has 36 heavy (non-hydrogen) atoms. The number of rotatable bonds is 9. The Kier molecular flexibility index (Phi) is 6.95. The van der Waals surface area contributed by atoms with Gasteiger partial charge in [-0.1, -0.05) is 18.2 Å². The predicted octanol–water partition coefficient (Wildman–Crippen LogP) is 2.45. The third-order valence-electron chi connectivity index (χ3n) is 5.80. The Hall–Kier alpha value is -4.73. The molecule has 10 heteroatoms. The number of carboxylic acid groups (broad SMARTS) is 1. The van der Waals surface area contributed by atoms with Gasteiger partial charge in [0.25, 0.3) is 11.5 Å². The van der Waals surface area contributed by atoms with Gasteiger partial charge in [0.2, 0.25) is 5.91 Å². The van der Waals surface area contributed by atoms with Crippen LogP contribution in [0.5, 0.6) is 0 Å². The molecule has 2 amide bonds. The number of H-pyrrole nitrogens is 1. The largest absolute Gasteiger partial charge is 0.480 e. The van der Waals surface area contributed by atoms with Crippen LogP contribution in [0.15, 0.2) is 59.4 Å². The van der Waals surface area contributed by atoms with Crippen molar-refractivity contribution < 1.29 is 19.5 Å². The highest BCUT2D eigenvalue weighted by molar-refractivity contribution is 6.05. The maximum absolute atomic E-state index is 12.6. The number of aromatic amines is 1. The van der Waals surface area contributed by atoms with Gasteiger partial charge in [0.15, 0.2) is 0 Å². The number of amides is 2. The highest BCUT2D eigenvalue weighted by Gasteiger charge is 2.21. The highest BCUT2D eigenvalue weighted by Crippen LogP contribution is 2.23. The summed E-state index contributed by atoms with van der Waals surface area (Å²) >= 11 is 0. The van der Waals surface area contributed by atoms with Gasteiger partial charge in [0.05, 0.1) is 10.9 Å². The molecular weight excluding hydrogens is 462 g/mol. The minimum absolute atomic E-state index is 0.0847. The van der Waals surface area contributed by atoms with E-state index < -0.39 is 23.8 Å². The van der Waals surface area contributed by atoms with Crippen molar-refractivity contribution in [2.45, 2.75) is 32.4 Å². The van der Waals surface area contributed by atoms with Crippen LogP contribution in [0.2, 0.25) is 0 Å². The molecule has 10 nitrogen and oxygen atoms in total. The Morgan fingerprint density at radius 1 is 1.08 bits per heavy atom. The molecule has 1 heterocycles. The lowest BCUT2D eigenvalue weighted by atomic mass is 10.0. The van der Waals surface area contributed by atoms with Gasteiger partial charge in [-0.15, -0.1) is 0 Å². The van der Waals surface area contributed by atoms with Crippen molar-refractivity contribution in [3.8, 4) is 0 Å². The predicted molar refractivity (Wildman–Crippen MR) is 136 cm³/mol. The summed E-state index contributed by atoms with van der Waals surface area (Å²) in [6.07, 6.45) is -0.228. The number of aliphatic carboxylic acids is 1. The first-order valence-electron chi connectivity index (χ1n) is 11.3. The summed E-state index contributed by atoms with van der Waals surface area (Å²) in [7, 11) is 0. The number of primary amides is 1. The van der Waals surface area contributed by atoms with Gasteiger partial charge < -0.3 is 26.5 Å². The zero-order valence-electron chi connectivity index (χ0n) is 19.5. The Balaban J connectivity index is 1.45. The molecule has 0 radical (unpaired) electrons. The van der Waals surface area contributed by atoms with Crippen LogP contribution in [-0.4, -0.2) is 38.9 Å². The molecule has 1 atom stereocenters. The van der Waals surface area contributed by atoms with Crippen LogP contribution < -0.4 is 21.9 Å². The number of aromatic nitrogens is 2. The van der Waals surface area contributed by atoms with Crippen molar-refractivity contribution in [2.75, 3.05) is 5.32 Å². The standard InChI is InChI=1S/C26H25N5O5/c1-14-29-20-9-6-16-3-2-15(12-19(16)23(20)25(34)30-14)13-28-18-7-4-17(5-8-18)24(33)31-21(26(35)36)10-11-22(27)32/h2-9,12,21,28H,10-11,13H2,1H3,(H2,27,32)(H,31,33)(H,35,36)(H,29,30,34)/t21-/m0/s1. The van der Waals surface area contributed by atoms with Gasteiger partial charge in [0.1, 0.15) is 11.9 Å². The van der Waals surface area contributed by atoms with Crippen LogP contribution in [0.4, 0.5) is 5.69 Å². The molecule has 184 valence electrons. The van der Waals surface area contributed by atoms with E-state index in [2.05, 4.69) is 20.6 Å². The molecule has 0 aliphatic carbocycles. The van der Waals surface area contributed by atoms with E-state index >= 15 is 0 Å². The van der Waals surface area contributed by atoms with Gasteiger partial charge in [-0.05, 0) is 66.1 Å². The lowest BCUT2D eigenvalue weighted by molar-refractivity contribution is -0.139. The number of nitrogens with zero attached hydrogens (tertiary/aromatic N) is 1. The van der Waals surface area contributed by atoms with Crippen molar-refractivity contribution in [1.29, 1.82) is 0 Å². The second kappa shape index (κ2) is 10.3. The zero-order valence-corrected chi connectivity index (χ0v) is 19.5. The van der Waals surface area contributed by atoms with Gasteiger partial charge >= 0.3 is 5.97 Å². The van der Waals surface area contributed by atoms with E-state index in [4.69, 9.17) is 5.73 Å². The third-order valence-corrected chi connectivity index (χ3v) is 5.80. The quantitative estimate of drug-likeness (QED) is 0.226. The summed E-state index contributed by atoms with van der Waals surface area (Å²) in [4.78, 5) is 54.4. The number of carboxylic acids is 1. The molecule has 3 aromatic carbocycles. The molecule has 6 N–H and O–H groups in total. The SMILES string of the molecule is Cc1nc2ccc3ccc(CNc4ccc(C(=O)N[C@@H](CCC(N)=O)C(=O)O)cc4)cc3c2c(=O)[nH]1. The average Bonchev–Trinajstić information content (AvgIpc) is 2.84. The number of benzene rings is 3. The van der Waals surface area contributed by atoms with E-state index in [0.717, 1.165) is 22.0 Å². The van der Waals surface area contributed by atoms with Crippen LogP contribution in [0.25, 0.3) is 21.7 Å². The smallest absolute Gasteiger partial charge is 0.326 e. The first kappa shape index (κ1) is 24.4. The van der Waals surface area contributed by atoms with Crippen molar-refractivity contribution in [1.82, 2.24) is 15.3 Å². The Morgan fingerprint density at radius 2 is 1.81 bits per heavy atom. The first-order chi connectivity index (χ1) is 17.2. The number of fused-ring (bicyclic) bond motifs is 3. The van der Waals surface area contributed by atoms with Crippen molar-refractivity contribution >= 4 is 45.1 Å². The van der Waals surface area contributed by atoms with Gasteiger partial charge in [-0.3, -0.25) is 14.4 Å². The number of carbonyl (C=O) groups excluding carboxylic acids is 2. The van der Waals surface area contributed by atoms with Crippen molar-refractivity contribution in [3.63, 3.8) is 0 Å². The van der Waals surface area contributed by atoms with E-state index in [0.29, 0.717) is 23.3 Å². The number of nitrogens with two attached hydrogens (primary N) is 1. The number of carbonyl (C=O) groups is 3. The Labute approximate surface area is 205 Å². The first-order valence-corrected chi connectivity index (χ1v) is 11.3. The van der Waals surface area contributed by atoms with Crippen LogP contribution in [0.1, 0.15) is 34.6 Å². The van der Waals surface area contributed by atoms with Crippen LogP contribution in [-0.2, 0) is 16.1 Å². The lowest BCUT2D eigenvalue weighted by Crippen LogP contribution is -2.41. The molecule has 0 saturated carbocycles. The fourth-order valence-corrected chi connectivity index (χ4v) is 3.96. The molecule has 1 aromatic heterocycles. The monoisotopic (exact) mass is 487 g/mol. The van der Waals surface area contributed by atoms with E-state index in [1.165, 1.54) is 0 Å². The van der Waals surface area contributed by atoms with E-state index in [-0.39, 0.29) is 24.0 Å². The lowest BCUT2D eigenvalue weighted by Gasteiger charge is -2.14. The second-order valence-corrected chi connectivity index (χ2v) is 8.47. The second-order valence-electron chi connectivity index (χ2n) is 8.47. The normalized spacial score (nSPS) is 11.8. The summed E-state index contributed by atoms with van der Waals surface area (Å²) in [5.74, 6) is -1.87. The zero-order chi connectivity index (χ0) is 25.8. The number of anilines is 1. The molecule has 0 spiro atoms. The van der Waals surface area contributed by atoms with Crippen molar-refractivity contribution in [2.24, 2.45) is 5.73 Å². The van der Waals surface area contributed by atoms with Crippen LogP contribution in [0.3, 0.4) is 0 Å². The minimum Gasteiger partial charge on any atom is -0.480 e. The summed E-state index contributed by atoms with van der Waals surface area (Å²) in [5.41, 5.74) is 7.52. The number of hydrogen-bond acceptors (Lipinski definition) is 6. The van der Waals surface area contributed by atoms with Gasteiger partial charge in [0, 0.05) is 24.2 Å². The van der Waals surface area contributed by atoms with Crippen molar-refractivity contribution in [3.05, 3.63) is 81.9 Å². The molecular formula is C26H25N5O5. The highest BCUT2D eigenvalue weighted by atomic mass is 16.4. The van der Waals surface area contributed by atoms with E-state index in [1.807, 2.05) is 30.3 Å². The molecule has 4 rings (SSSR count). The fourth-order valence-electron chi connectivity index (χ4n) is 3.96. The molecule has 0 aliphatic heterocycles. The average molecular weight is 488 g/mol. The van der Waals surface area contributed by atoms with Gasteiger partial charge in [-0.2, -0.15) is 0 Å². The molecule has 0 unspecified atom stereocenters.